The maximum Gasteiger partial charge on any atom is 0.265 e. The number of para-hydroxylation sites is 2. The molecule has 3 aromatic rings. The molecule has 1 saturated heterocycles. The molecule has 7 nitrogen and oxygen atoms in total. The van der Waals surface area contributed by atoms with Gasteiger partial charge in [0.05, 0.1) is 37.2 Å². The van der Waals surface area contributed by atoms with Gasteiger partial charge in [-0.3, -0.25) is 4.79 Å². The van der Waals surface area contributed by atoms with Crippen LogP contribution in [0.2, 0.25) is 0 Å². The summed E-state index contributed by atoms with van der Waals surface area (Å²) >= 11 is 1.22. The van der Waals surface area contributed by atoms with Crippen molar-refractivity contribution in [3.05, 3.63) is 48.0 Å². The van der Waals surface area contributed by atoms with E-state index in [1.807, 2.05) is 41.3 Å². The zero-order chi connectivity index (χ0) is 18.9. The SMILES string of the molecule is O=C([C@@H]1CN(Cc2cccc3nsnc23)c2ccccc2O1)N1CCOCC1. The minimum Gasteiger partial charge on any atom is -0.477 e. The number of nitrogens with zero attached hydrogens (tertiary/aromatic N) is 4. The molecule has 1 amide bonds. The molecule has 1 atom stereocenters. The Labute approximate surface area is 166 Å². The number of morpholine rings is 1. The highest BCUT2D eigenvalue weighted by molar-refractivity contribution is 7.00. The van der Waals surface area contributed by atoms with Gasteiger partial charge in [0, 0.05) is 25.2 Å². The van der Waals surface area contributed by atoms with Gasteiger partial charge in [0.25, 0.3) is 5.91 Å². The Kier molecular flexibility index (Phi) is 4.58. The maximum absolute atomic E-state index is 13.0. The first-order valence-corrected chi connectivity index (χ1v) is 10.1. The number of carbonyl (C=O) groups is 1. The summed E-state index contributed by atoms with van der Waals surface area (Å²) in [6, 6.07) is 13.9. The summed E-state index contributed by atoms with van der Waals surface area (Å²) in [6.45, 7) is 3.54. The van der Waals surface area contributed by atoms with Crippen LogP contribution in [0, 0.1) is 0 Å². The number of fused-ring (bicyclic) bond motifs is 2. The molecule has 2 aliphatic heterocycles. The average Bonchev–Trinajstić information content (AvgIpc) is 3.24. The molecule has 0 aliphatic carbocycles. The molecule has 0 saturated carbocycles. The van der Waals surface area contributed by atoms with Gasteiger partial charge in [-0.05, 0) is 18.2 Å². The molecule has 28 heavy (non-hydrogen) atoms. The van der Waals surface area contributed by atoms with Crippen molar-refractivity contribution in [2.45, 2.75) is 12.6 Å². The lowest BCUT2D eigenvalue weighted by Crippen LogP contribution is -2.52. The second-order valence-electron chi connectivity index (χ2n) is 6.94. The first kappa shape index (κ1) is 17.4. The molecule has 0 spiro atoms. The maximum atomic E-state index is 13.0. The van der Waals surface area contributed by atoms with Gasteiger partial charge in [-0.15, -0.1) is 0 Å². The van der Waals surface area contributed by atoms with E-state index in [1.165, 1.54) is 11.7 Å². The van der Waals surface area contributed by atoms with Crippen LogP contribution < -0.4 is 9.64 Å². The molecule has 0 radical (unpaired) electrons. The minimum absolute atomic E-state index is 0.0244. The lowest BCUT2D eigenvalue weighted by Gasteiger charge is -2.38. The number of hydrogen-bond donors (Lipinski definition) is 0. The van der Waals surface area contributed by atoms with E-state index in [-0.39, 0.29) is 5.91 Å². The van der Waals surface area contributed by atoms with Crippen molar-refractivity contribution in [3.63, 3.8) is 0 Å². The van der Waals surface area contributed by atoms with Crippen molar-refractivity contribution in [1.82, 2.24) is 13.6 Å². The number of anilines is 1. The number of ether oxygens (including phenoxy) is 2. The molecule has 3 heterocycles. The summed E-state index contributed by atoms with van der Waals surface area (Å²) in [5.41, 5.74) is 3.92. The Bertz CT molecular complexity index is 1000. The third-order valence-electron chi connectivity index (χ3n) is 5.19. The van der Waals surface area contributed by atoms with Crippen molar-refractivity contribution >= 4 is 34.4 Å². The zero-order valence-corrected chi connectivity index (χ0v) is 16.1. The molecule has 1 fully saturated rings. The summed E-state index contributed by atoms with van der Waals surface area (Å²) < 4.78 is 20.2. The number of amides is 1. The van der Waals surface area contributed by atoms with Gasteiger partial charge in [-0.1, -0.05) is 24.3 Å². The fourth-order valence-corrected chi connectivity index (χ4v) is 4.34. The molecule has 2 aliphatic rings. The topological polar surface area (TPSA) is 67.8 Å². The van der Waals surface area contributed by atoms with E-state index in [4.69, 9.17) is 9.47 Å². The molecule has 0 N–H and O–H groups in total. The average molecular weight is 396 g/mol. The van der Waals surface area contributed by atoms with Crippen LogP contribution in [0.15, 0.2) is 42.5 Å². The summed E-state index contributed by atoms with van der Waals surface area (Å²) in [7, 11) is 0. The first-order valence-electron chi connectivity index (χ1n) is 9.37. The number of rotatable bonds is 3. The standard InChI is InChI=1S/C20H20N4O3S/c25-20(23-8-10-26-11-9-23)18-13-24(16-6-1-2-7-17(16)27-18)12-14-4-3-5-15-19(14)22-28-21-15/h1-7,18H,8-13H2/t18-/m0/s1. The minimum atomic E-state index is -0.527. The van der Waals surface area contributed by atoms with Crippen molar-refractivity contribution in [2.75, 3.05) is 37.7 Å². The highest BCUT2D eigenvalue weighted by Gasteiger charge is 2.34. The Hall–Kier alpha value is -2.71. The Balaban J connectivity index is 1.44. The van der Waals surface area contributed by atoms with E-state index in [9.17, 15) is 4.79 Å². The van der Waals surface area contributed by atoms with Gasteiger partial charge in [0.1, 0.15) is 16.8 Å². The monoisotopic (exact) mass is 396 g/mol. The van der Waals surface area contributed by atoms with Crippen LogP contribution in [0.1, 0.15) is 5.56 Å². The van der Waals surface area contributed by atoms with Crippen LogP contribution >= 0.6 is 11.7 Å². The van der Waals surface area contributed by atoms with E-state index < -0.39 is 6.10 Å². The van der Waals surface area contributed by atoms with E-state index in [0.717, 1.165) is 28.0 Å². The normalized spacial score (nSPS) is 19.4. The highest BCUT2D eigenvalue weighted by Crippen LogP contribution is 2.35. The second kappa shape index (κ2) is 7.37. The lowest BCUT2D eigenvalue weighted by atomic mass is 10.1. The quantitative estimate of drug-likeness (QED) is 0.677. The molecule has 1 aromatic heterocycles. The van der Waals surface area contributed by atoms with Gasteiger partial charge in [-0.2, -0.15) is 8.75 Å². The van der Waals surface area contributed by atoms with Crippen LogP contribution in [0.3, 0.4) is 0 Å². The molecule has 8 heteroatoms. The van der Waals surface area contributed by atoms with Crippen LogP contribution in [0.5, 0.6) is 5.75 Å². The van der Waals surface area contributed by atoms with Crippen molar-refractivity contribution in [3.8, 4) is 5.75 Å². The molecule has 0 bridgehead atoms. The number of hydrogen-bond acceptors (Lipinski definition) is 7. The van der Waals surface area contributed by atoms with Gasteiger partial charge in [-0.25, -0.2) is 0 Å². The van der Waals surface area contributed by atoms with Crippen LogP contribution in [-0.4, -0.2) is 58.5 Å². The second-order valence-corrected chi connectivity index (χ2v) is 7.47. The predicted octanol–water partition coefficient (Wildman–Crippen LogP) is 2.32. The fourth-order valence-electron chi connectivity index (χ4n) is 3.77. The van der Waals surface area contributed by atoms with Crippen LogP contribution in [0.4, 0.5) is 5.69 Å². The summed E-state index contributed by atoms with van der Waals surface area (Å²) in [4.78, 5) is 17.1. The fraction of sp³-hybridized carbons (Fsp3) is 0.350. The van der Waals surface area contributed by atoms with Crippen LogP contribution in [0.25, 0.3) is 11.0 Å². The van der Waals surface area contributed by atoms with Crippen molar-refractivity contribution in [2.24, 2.45) is 0 Å². The number of aromatic nitrogens is 2. The molecule has 2 aromatic carbocycles. The summed E-state index contributed by atoms with van der Waals surface area (Å²) in [5.74, 6) is 0.764. The van der Waals surface area contributed by atoms with Gasteiger partial charge in [0.2, 0.25) is 0 Å². The van der Waals surface area contributed by atoms with E-state index in [1.54, 1.807) is 0 Å². The smallest absolute Gasteiger partial charge is 0.265 e. The van der Waals surface area contributed by atoms with E-state index in [2.05, 4.69) is 19.7 Å². The molecule has 144 valence electrons. The molecular weight excluding hydrogens is 376 g/mol. The van der Waals surface area contributed by atoms with Gasteiger partial charge in [0.15, 0.2) is 6.10 Å². The zero-order valence-electron chi connectivity index (χ0n) is 15.3. The number of benzene rings is 2. The summed E-state index contributed by atoms with van der Waals surface area (Å²) in [6.07, 6.45) is -0.527. The molecule has 5 rings (SSSR count). The highest BCUT2D eigenvalue weighted by atomic mass is 32.1. The third-order valence-corrected chi connectivity index (χ3v) is 5.73. The largest absolute Gasteiger partial charge is 0.477 e. The van der Waals surface area contributed by atoms with Crippen molar-refractivity contribution < 1.29 is 14.3 Å². The molecular formula is C20H20N4O3S. The Morgan fingerprint density at radius 2 is 1.96 bits per heavy atom. The third kappa shape index (κ3) is 3.18. The first-order chi connectivity index (χ1) is 13.8. The lowest BCUT2D eigenvalue weighted by molar-refractivity contribution is -0.142. The van der Waals surface area contributed by atoms with Crippen molar-refractivity contribution in [1.29, 1.82) is 0 Å². The summed E-state index contributed by atoms with van der Waals surface area (Å²) in [5, 5.41) is 0. The Morgan fingerprint density at radius 3 is 2.86 bits per heavy atom. The molecule has 0 unspecified atom stereocenters. The Morgan fingerprint density at radius 1 is 1.11 bits per heavy atom. The van der Waals surface area contributed by atoms with E-state index >= 15 is 0 Å². The van der Waals surface area contributed by atoms with E-state index in [0.29, 0.717) is 39.4 Å². The van der Waals surface area contributed by atoms with Crippen LogP contribution in [-0.2, 0) is 16.1 Å². The van der Waals surface area contributed by atoms with Gasteiger partial charge < -0.3 is 19.3 Å². The predicted molar refractivity (Wildman–Crippen MR) is 107 cm³/mol. The van der Waals surface area contributed by atoms with Gasteiger partial charge >= 0.3 is 0 Å². The number of carbonyl (C=O) groups excluding carboxylic acids is 1.